The number of ether oxygens (including phenoxy) is 2. The Morgan fingerprint density at radius 3 is 2.14 bits per heavy atom. The molecule has 2 amide bonds. The highest BCUT2D eigenvalue weighted by Crippen LogP contribution is 2.38. The van der Waals surface area contributed by atoms with Crippen LogP contribution in [-0.4, -0.2) is 36.7 Å². The normalized spacial score (nSPS) is 12.3. The molecule has 3 aromatic carbocycles. The van der Waals surface area contributed by atoms with E-state index in [-0.39, 0.29) is 28.7 Å². The fraction of sp³-hybridized carbons (Fsp3) is 0.417. The lowest BCUT2D eigenvalue weighted by Crippen LogP contribution is -2.30. The van der Waals surface area contributed by atoms with Crippen LogP contribution in [0.2, 0.25) is 0 Å². The third-order valence-electron chi connectivity index (χ3n) is 8.31. The summed E-state index contributed by atoms with van der Waals surface area (Å²) in [6, 6.07) is 19.8. The van der Waals surface area contributed by atoms with Crippen LogP contribution in [-0.2, 0) is 20.4 Å². The molecule has 0 fully saturated rings. The molecule has 0 aromatic heterocycles. The fourth-order valence-corrected chi connectivity index (χ4v) is 4.79. The molecule has 0 spiro atoms. The second-order valence-corrected chi connectivity index (χ2v) is 12.6. The van der Waals surface area contributed by atoms with Gasteiger partial charge in [0, 0.05) is 23.4 Å². The number of amides is 2. The zero-order valence-electron chi connectivity index (χ0n) is 26.9. The number of para-hydroxylation sites is 1. The third kappa shape index (κ3) is 8.85. The minimum absolute atomic E-state index is 0.0435. The van der Waals surface area contributed by atoms with Crippen molar-refractivity contribution in [3.63, 3.8) is 0 Å². The van der Waals surface area contributed by atoms with E-state index in [1.54, 1.807) is 48.5 Å². The maximum absolute atomic E-state index is 12.8. The Morgan fingerprint density at radius 1 is 0.818 bits per heavy atom. The van der Waals surface area contributed by atoms with E-state index in [9.17, 15) is 14.4 Å². The molecule has 0 aliphatic carbocycles. The highest BCUT2D eigenvalue weighted by molar-refractivity contribution is 6.45. The Kier molecular flexibility index (Phi) is 12.0. The summed E-state index contributed by atoms with van der Waals surface area (Å²) in [5.74, 6) is -0.226. The van der Waals surface area contributed by atoms with Gasteiger partial charge in [-0.05, 0) is 72.1 Å². The fourth-order valence-electron chi connectivity index (χ4n) is 4.62. The van der Waals surface area contributed by atoms with Gasteiger partial charge in [0.15, 0.2) is 11.2 Å². The number of rotatable bonds is 15. The number of Topliss-reactive ketones (excluding diaryl/α,β-unsaturated/α-hetero) is 1. The van der Waals surface area contributed by atoms with E-state index in [1.165, 1.54) is 18.2 Å². The molecule has 1 atom stereocenters. The van der Waals surface area contributed by atoms with E-state index in [4.69, 9.17) is 21.1 Å². The molecule has 3 rings (SSSR count). The van der Waals surface area contributed by atoms with Crippen molar-refractivity contribution in [1.29, 1.82) is 0 Å². The van der Waals surface area contributed by atoms with Gasteiger partial charge in [-0.1, -0.05) is 71.9 Å². The second kappa shape index (κ2) is 15.2. The van der Waals surface area contributed by atoms with E-state index >= 15 is 0 Å². The van der Waals surface area contributed by atoms with Gasteiger partial charge >= 0.3 is 0 Å². The Morgan fingerprint density at radius 2 is 1.48 bits per heavy atom. The lowest BCUT2D eigenvalue weighted by Gasteiger charge is -2.30. The van der Waals surface area contributed by atoms with Crippen LogP contribution in [0.3, 0.4) is 0 Å². The second-order valence-electron chi connectivity index (χ2n) is 12.2. The number of ketones is 1. The number of hydrogen-bond acceptors (Lipinski definition) is 5. The summed E-state index contributed by atoms with van der Waals surface area (Å²) in [4.78, 5) is 38.2. The molecule has 0 aliphatic heterocycles. The van der Waals surface area contributed by atoms with Crippen LogP contribution in [0.1, 0.15) is 88.7 Å². The molecule has 7 nitrogen and oxygen atoms in total. The number of hydrogen-bond donors (Lipinski definition) is 2. The van der Waals surface area contributed by atoms with E-state index in [2.05, 4.69) is 70.4 Å². The van der Waals surface area contributed by atoms with Gasteiger partial charge in [0.05, 0.1) is 19.3 Å². The van der Waals surface area contributed by atoms with E-state index in [0.717, 1.165) is 18.6 Å². The summed E-state index contributed by atoms with van der Waals surface area (Å²) in [6.07, 6.45) is 2.82. The number of nitrogens with one attached hydrogen (secondary N) is 2. The van der Waals surface area contributed by atoms with Crippen molar-refractivity contribution in [2.45, 2.75) is 83.4 Å². The first-order valence-corrected chi connectivity index (χ1v) is 15.6. The molecule has 3 aromatic rings. The minimum Gasteiger partial charge on any atom is -0.496 e. The summed E-state index contributed by atoms with van der Waals surface area (Å²) in [5, 5.41) is 4.05. The van der Waals surface area contributed by atoms with Gasteiger partial charge in [-0.25, -0.2) is 0 Å². The van der Waals surface area contributed by atoms with Crippen molar-refractivity contribution in [3.05, 3.63) is 83.4 Å². The van der Waals surface area contributed by atoms with E-state index in [1.807, 2.05) is 0 Å². The van der Waals surface area contributed by atoms with Crippen LogP contribution in [0.4, 0.5) is 11.4 Å². The molecule has 236 valence electrons. The molecule has 0 saturated heterocycles. The first-order chi connectivity index (χ1) is 20.8. The Balaban J connectivity index is 1.56. The molecular formula is C36H45ClN2O5. The quantitative estimate of drug-likeness (QED) is 0.0771. The first-order valence-electron chi connectivity index (χ1n) is 15.1. The SMILES string of the molecule is CCC(C)(C)c1ccc(OCCCC(=O)Nc2cccc(NC(=O)C(Cl)C(=O)c3ccccc3OC)c2)c(C(C)(C)CC)c1. The topological polar surface area (TPSA) is 93.7 Å². The van der Waals surface area contributed by atoms with Crippen LogP contribution in [0.15, 0.2) is 66.7 Å². The lowest BCUT2D eigenvalue weighted by atomic mass is 9.76. The van der Waals surface area contributed by atoms with Gasteiger partial charge in [-0.15, -0.1) is 11.6 Å². The zero-order chi connectivity index (χ0) is 32.5. The van der Waals surface area contributed by atoms with Crippen molar-refractivity contribution in [1.82, 2.24) is 0 Å². The van der Waals surface area contributed by atoms with Crippen LogP contribution in [0.5, 0.6) is 11.5 Å². The monoisotopic (exact) mass is 620 g/mol. The van der Waals surface area contributed by atoms with Crippen LogP contribution in [0, 0.1) is 0 Å². The van der Waals surface area contributed by atoms with Crippen LogP contribution < -0.4 is 20.1 Å². The molecule has 44 heavy (non-hydrogen) atoms. The van der Waals surface area contributed by atoms with Crippen molar-refractivity contribution in [2.24, 2.45) is 0 Å². The number of alkyl halides is 1. The van der Waals surface area contributed by atoms with Crippen molar-refractivity contribution in [2.75, 3.05) is 24.4 Å². The summed E-state index contributed by atoms with van der Waals surface area (Å²) in [6.45, 7) is 13.8. The number of halogens is 1. The van der Waals surface area contributed by atoms with E-state index < -0.39 is 17.1 Å². The average Bonchev–Trinajstić information content (AvgIpc) is 3.02. The van der Waals surface area contributed by atoms with Crippen LogP contribution >= 0.6 is 11.6 Å². The highest BCUT2D eigenvalue weighted by atomic mass is 35.5. The maximum Gasteiger partial charge on any atom is 0.250 e. The largest absolute Gasteiger partial charge is 0.496 e. The summed E-state index contributed by atoms with van der Waals surface area (Å²) in [5.41, 5.74) is 3.65. The summed E-state index contributed by atoms with van der Waals surface area (Å²) in [7, 11) is 1.44. The number of methoxy groups -OCH3 is 1. The van der Waals surface area contributed by atoms with Crippen LogP contribution in [0.25, 0.3) is 0 Å². The molecule has 0 aliphatic rings. The molecule has 8 heteroatoms. The Hall–Kier alpha value is -3.84. The van der Waals surface area contributed by atoms with Crippen molar-refractivity contribution in [3.8, 4) is 11.5 Å². The maximum atomic E-state index is 12.8. The number of carbonyl (C=O) groups excluding carboxylic acids is 3. The summed E-state index contributed by atoms with van der Waals surface area (Å²) >= 11 is 6.21. The molecule has 0 heterocycles. The van der Waals surface area contributed by atoms with E-state index in [0.29, 0.717) is 30.2 Å². The number of benzene rings is 3. The zero-order valence-corrected chi connectivity index (χ0v) is 27.6. The molecule has 0 saturated carbocycles. The van der Waals surface area contributed by atoms with Gasteiger partial charge in [-0.3, -0.25) is 14.4 Å². The minimum atomic E-state index is -1.46. The smallest absolute Gasteiger partial charge is 0.250 e. The van der Waals surface area contributed by atoms with Crippen molar-refractivity contribution < 1.29 is 23.9 Å². The predicted molar refractivity (Wildman–Crippen MR) is 178 cm³/mol. The molecule has 0 radical (unpaired) electrons. The molecule has 2 N–H and O–H groups in total. The third-order valence-corrected chi connectivity index (χ3v) is 8.71. The molecular weight excluding hydrogens is 576 g/mol. The number of carbonyl (C=O) groups is 3. The predicted octanol–water partition coefficient (Wildman–Crippen LogP) is 8.30. The van der Waals surface area contributed by atoms with Gasteiger partial charge in [0.1, 0.15) is 11.5 Å². The highest BCUT2D eigenvalue weighted by Gasteiger charge is 2.28. The van der Waals surface area contributed by atoms with Gasteiger partial charge < -0.3 is 20.1 Å². The molecule has 0 bridgehead atoms. The number of anilines is 2. The van der Waals surface area contributed by atoms with Gasteiger partial charge in [-0.2, -0.15) is 0 Å². The standard InChI is InChI=1S/C36H45ClN2O5/c1-8-35(3,4)24-19-20-30(28(22-24)36(5,6)9-2)44-21-13-18-31(40)38-25-14-12-15-26(23-25)39-34(42)32(37)33(41)27-16-10-11-17-29(27)43-7/h10-12,14-17,19-20,22-23,32H,8-9,13,18,21H2,1-7H3,(H,38,40)(H,39,42). The van der Waals surface area contributed by atoms with Gasteiger partial charge in [0.25, 0.3) is 0 Å². The summed E-state index contributed by atoms with van der Waals surface area (Å²) < 4.78 is 11.4. The van der Waals surface area contributed by atoms with Gasteiger partial charge in [0.2, 0.25) is 11.8 Å². The molecule has 1 unspecified atom stereocenters. The first kappa shape index (κ1) is 34.6. The average molecular weight is 621 g/mol. The lowest BCUT2D eigenvalue weighted by molar-refractivity contribution is -0.116. The Bertz CT molecular complexity index is 1470. The van der Waals surface area contributed by atoms with Crippen molar-refractivity contribution >= 4 is 40.6 Å². The Labute approximate surface area is 266 Å².